The van der Waals surface area contributed by atoms with Crippen molar-refractivity contribution < 1.29 is 18.7 Å². The number of hydrogen-bond acceptors (Lipinski definition) is 3. The summed E-state index contributed by atoms with van der Waals surface area (Å²) >= 11 is 0. The summed E-state index contributed by atoms with van der Waals surface area (Å²) in [5.41, 5.74) is 3.43. The molecule has 0 fully saturated rings. The Bertz CT molecular complexity index is 901. The number of aryl methyl sites for hydroxylation is 1. The first-order valence-electron chi connectivity index (χ1n) is 8.10. The highest BCUT2D eigenvalue weighted by molar-refractivity contribution is 6.06. The van der Waals surface area contributed by atoms with Crippen LogP contribution < -0.4 is 4.90 Å². The predicted molar refractivity (Wildman–Crippen MR) is 90.4 cm³/mol. The number of ether oxygens (including phenoxy) is 1. The summed E-state index contributed by atoms with van der Waals surface area (Å²) in [5, 5.41) is 0. The molecule has 0 N–H and O–H groups in total. The Morgan fingerprint density at radius 2 is 1.88 bits per heavy atom. The first-order chi connectivity index (χ1) is 12.0. The molecule has 2 aliphatic rings. The van der Waals surface area contributed by atoms with E-state index in [0.717, 1.165) is 11.1 Å². The topological polar surface area (TPSA) is 46.6 Å². The lowest BCUT2D eigenvalue weighted by molar-refractivity contribution is -0.136. The van der Waals surface area contributed by atoms with Crippen LogP contribution in [0.1, 0.15) is 23.5 Å². The summed E-state index contributed by atoms with van der Waals surface area (Å²) in [6.45, 7) is 2.01. The van der Waals surface area contributed by atoms with Gasteiger partial charge in [-0.25, -0.2) is 9.18 Å². The van der Waals surface area contributed by atoms with Gasteiger partial charge in [-0.15, -0.1) is 0 Å². The van der Waals surface area contributed by atoms with E-state index in [1.807, 2.05) is 31.2 Å². The molecule has 1 unspecified atom stereocenters. The molecular weight excluding hydrogens is 321 g/mol. The number of rotatable bonds is 2. The molecule has 0 aliphatic carbocycles. The molecule has 4 nitrogen and oxygen atoms in total. The van der Waals surface area contributed by atoms with Crippen LogP contribution in [0.25, 0.3) is 0 Å². The molecular formula is C20H16FNO3. The second kappa shape index (κ2) is 5.84. The van der Waals surface area contributed by atoms with Crippen LogP contribution in [0, 0.1) is 12.7 Å². The van der Waals surface area contributed by atoms with Gasteiger partial charge in [0.2, 0.25) is 5.91 Å². The largest absolute Gasteiger partial charge is 0.456 e. The monoisotopic (exact) mass is 337 g/mol. The quantitative estimate of drug-likeness (QED) is 0.789. The average Bonchev–Trinajstić information content (AvgIpc) is 2.96. The molecule has 2 heterocycles. The number of cyclic esters (lactones) is 1. The van der Waals surface area contributed by atoms with Crippen LogP contribution in [0.3, 0.4) is 0 Å². The van der Waals surface area contributed by atoms with E-state index in [-0.39, 0.29) is 24.9 Å². The zero-order valence-corrected chi connectivity index (χ0v) is 13.7. The molecule has 1 atom stereocenters. The van der Waals surface area contributed by atoms with E-state index >= 15 is 0 Å². The molecule has 0 saturated heterocycles. The molecule has 2 aromatic rings. The van der Waals surface area contributed by atoms with Crippen LogP contribution in [-0.4, -0.2) is 18.5 Å². The van der Waals surface area contributed by atoms with Gasteiger partial charge in [0.25, 0.3) is 0 Å². The summed E-state index contributed by atoms with van der Waals surface area (Å²) in [7, 11) is 0. The molecule has 1 amide bonds. The summed E-state index contributed by atoms with van der Waals surface area (Å²) in [4.78, 5) is 26.5. The highest BCUT2D eigenvalue weighted by atomic mass is 19.1. The molecule has 5 heteroatoms. The van der Waals surface area contributed by atoms with Crippen molar-refractivity contribution in [1.82, 2.24) is 0 Å². The maximum atomic E-state index is 13.6. The molecule has 0 radical (unpaired) electrons. The Balaban J connectivity index is 1.83. The van der Waals surface area contributed by atoms with E-state index in [0.29, 0.717) is 17.0 Å². The van der Waals surface area contributed by atoms with Crippen molar-refractivity contribution >= 4 is 17.6 Å². The normalized spacial score (nSPS) is 19.9. The maximum absolute atomic E-state index is 13.6. The van der Waals surface area contributed by atoms with Crippen LogP contribution in [-0.2, 0) is 14.3 Å². The summed E-state index contributed by atoms with van der Waals surface area (Å²) in [6.07, 6.45) is 0.146. The van der Waals surface area contributed by atoms with Gasteiger partial charge >= 0.3 is 5.97 Å². The Labute approximate surface area is 144 Å². The van der Waals surface area contributed by atoms with Crippen LogP contribution >= 0.6 is 0 Å². The van der Waals surface area contributed by atoms with Gasteiger partial charge in [-0.1, -0.05) is 35.9 Å². The Kier molecular flexibility index (Phi) is 3.64. The fourth-order valence-corrected chi connectivity index (χ4v) is 3.45. The third-order valence-electron chi connectivity index (χ3n) is 4.66. The Hall–Kier alpha value is -2.95. The zero-order chi connectivity index (χ0) is 17.6. The number of nitrogens with zero attached hydrogens (tertiary/aromatic N) is 1. The molecule has 0 bridgehead atoms. The van der Waals surface area contributed by atoms with E-state index in [9.17, 15) is 14.0 Å². The van der Waals surface area contributed by atoms with Crippen molar-refractivity contribution in [2.75, 3.05) is 11.5 Å². The van der Waals surface area contributed by atoms with Crippen molar-refractivity contribution in [1.29, 1.82) is 0 Å². The lowest BCUT2D eigenvalue weighted by Gasteiger charge is -2.31. The van der Waals surface area contributed by atoms with Crippen molar-refractivity contribution in [2.24, 2.45) is 0 Å². The third-order valence-corrected chi connectivity index (χ3v) is 4.66. The molecule has 25 heavy (non-hydrogen) atoms. The highest BCUT2D eigenvalue weighted by Crippen LogP contribution is 2.41. The van der Waals surface area contributed by atoms with Gasteiger partial charge in [-0.2, -0.15) is 0 Å². The molecule has 0 spiro atoms. The van der Waals surface area contributed by atoms with E-state index in [1.54, 1.807) is 12.1 Å². The first kappa shape index (κ1) is 15.6. The van der Waals surface area contributed by atoms with Crippen molar-refractivity contribution in [3.05, 3.63) is 76.7 Å². The minimum atomic E-state index is -0.432. The number of anilines is 1. The third kappa shape index (κ3) is 2.61. The minimum absolute atomic E-state index is 0.0266. The van der Waals surface area contributed by atoms with Crippen molar-refractivity contribution in [3.63, 3.8) is 0 Å². The summed E-state index contributed by atoms with van der Waals surface area (Å²) < 4.78 is 18.8. The average molecular weight is 337 g/mol. The van der Waals surface area contributed by atoms with Gasteiger partial charge in [0.05, 0.1) is 17.0 Å². The van der Waals surface area contributed by atoms with Gasteiger partial charge < -0.3 is 4.74 Å². The second-order valence-corrected chi connectivity index (χ2v) is 6.31. The lowest BCUT2D eigenvalue weighted by Crippen LogP contribution is -2.37. The number of carbonyl (C=O) groups is 2. The highest BCUT2D eigenvalue weighted by Gasteiger charge is 2.42. The number of carbonyl (C=O) groups excluding carboxylic acids is 2. The fraction of sp³-hybridized carbons (Fsp3) is 0.200. The van der Waals surface area contributed by atoms with Crippen LogP contribution in [0.4, 0.5) is 10.1 Å². The smallest absolute Gasteiger partial charge is 0.336 e. The molecule has 0 saturated carbocycles. The molecule has 2 aromatic carbocycles. The molecule has 4 rings (SSSR count). The van der Waals surface area contributed by atoms with E-state index in [2.05, 4.69) is 0 Å². The van der Waals surface area contributed by atoms with Crippen molar-refractivity contribution in [3.8, 4) is 0 Å². The number of amides is 1. The Morgan fingerprint density at radius 3 is 2.60 bits per heavy atom. The fourth-order valence-electron chi connectivity index (χ4n) is 3.45. The molecule has 2 aliphatic heterocycles. The molecule has 0 aromatic heterocycles. The number of esters is 1. The van der Waals surface area contributed by atoms with Crippen LogP contribution in [0.5, 0.6) is 0 Å². The zero-order valence-electron chi connectivity index (χ0n) is 13.7. The Morgan fingerprint density at radius 1 is 1.12 bits per heavy atom. The van der Waals surface area contributed by atoms with Gasteiger partial charge in [0, 0.05) is 12.3 Å². The van der Waals surface area contributed by atoms with Gasteiger partial charge in [0.1, 0.15) is 12.4 Å². The number of benzene rings is 2. The van der Waals surface area contributed by atoms with Gasteiger partial charge in [-0.3, -0.25) is 9.69 Å². The van der Waals surface area contributed by atoms with Gasteiger partial charge in [-0.05, 0) is 30.7 Å². The van der Waals surface area contributed by atoms with E-state index in [1.165, 1.54) is 17.0 Å². The number of halogens is 1. The van der Waals surface area contributed by atoms with E-state index < -0.39 is 11.8 Å². The predicted octanol–water partition coefficient (Wildman–Crippen LogP) is 3.47. The minimum Gasteiger partial charge on any atom is -0.456 e. The van der Waals surface area contributed by atoms with Crippen molar-refractivity contribution in [2.45, 2.75) is 19.3 Å². The summed E-state index contributed by atoms with van der Waals surface area (Å²) in [6, 6.07) is 13.6. The maximum Gasteiger partial charge on any atom is 0.336 e. The standard InChI is InChI=1S/C20H16FNO3/c1-12-5-7-13(8-6-12)16-10-18(23)22(15-4-2-3-14(21)9-15)17-11-25-20(24)19(16)17/h2-9,16H,10-11H2,1H3. The van der Waals surface area contributed by atoms with Gasteiger partial charge in [0.15, 0.2) is 0 Å². The number of hydrogen-bond donors (Lipinski definition) is 0. The SMILES string of the molecule is Cc1ccc(C2CC(=O)N(c3cccc(F)c3)C3=C2C(=O)OC3)cc1. The summed E-state index contributed by atoms with van der Waals surface area (Å²) in [5.74, 6) is -1.34. The van der Waals surface area contributed by atoms with Crippen LogP contribution in [0.2, 0.25) is 0 Å². The van der Waals surface area contributed by atoms with Crippen LogP contribution in [0.15, 0.2) is 59.8 Å². The first-order valence-corrected chi connectivity index (χ1v) is 8.10. The molecule has 126 valence electrons. The second-order valence-electron chi connectivity index (χ2n) is 6.31. The van der Waals surface area contributed by atoms with E-state index in [4.69, 9.17) is 4.74 Å². The lowest BCUT2D eigenvalue weighted by atomic mass is 9.84.